The van der Waals surface area contributed by atoms with Crippen LogP contribution in [0.25, 0.3) is 10.2 Å². The van der Waals surface area contributed by atoms with Gasteiger partial charge in [0.25, 0.3) is 11.6 Å². The molecule has 0 fully saturated rings. The molecule has 0 bridgehead atoms. The summed E-state index contributed by atoms with van der Waals surface area (Å²) in [4.78, 5) is 27.6. The number of non-ortho nitro benzene ring substituents is 1. The first-order valence-corrected chi connectivity index (χ1v) is 8.81. The van der Waals surface area contributed by atoms with E-state index in [0.717, 1.165) is 16.3 Å². The number of carbonyl (C=O) groups excluding carboxylic acids is 1. The number of thiazole rings is 1. The maximum absolute atomic E-state index is 12.6. The minimum Gasteiger partial charge on any atom is -0.383 e. The molecule has 0 aliphatic heterocycles. The number of hydrogen-bond acceptors (Lipinski definition) is 5. The Morgan fingerprint density at radius 2 is 2.12 bits per heavy atom. The summed E-state index contributed by atoms with van der Waals surface area (Å²) in [5.74, 6) is -0.628. The highest BCUT2D eigenvalue weighted by atomic mass is 35.5. The van der Waals surface area contributed by atoms with Crippen molar-refractivity contribution >= 4 is 44.7 Å². The molecule has 2 aromatic carbocycles. The molecule has 0 radical (unpaired) electrons. The molecule has 1 amide bonds. The van der Waals surface area contributed by atoms with Crippen LogP contribution < -0.4 is 4.80 Å². The van der Waals surface area contributed by atoms with Gasteiger partial charge in [-0.15, -0.1) is 0 Å². The van der Waals surface area contributed by atoms with E-state index in [1.165, 1.54) is 23.5 Å². The Balaban J connectivity index is 2.11. The minimum absolute atomic E-state index is 0.00313. The second kappa shape index (κ2) is 7.77. The number of amides is 1. The van der Waals surface area contributed by atoms with E-state index < -0.39 is 10.8 Å². The Morgan fingerprint density at radius 3 is 2.85 bits per heavy atom. The number of nitrogens with zero attached hydrogens (tertiary/aromatic N) is 3. The van der Waals surface area contributed by atoms with Crippen LogP contribution in [-0.4, -0.2) is 29.1 Å². The second-order valence-corrected chi connectivity index (χ2v) is 6.75. The number of ether oxygens (including phenoxy) is 1. The van der Waals surface area contributed by atoms with Gasteiger partial charge in [0.15, 0.2) is 4.80 Å². The maximum atomic E-state index is 12.6. The van der Waals surface area contributed by atoms with Crippen LogP contribution >= 0.6 is 22.9 Å². The Bertz CT molecular complexity index is 1060. The van der Waals surface area contributed by atoms with Crippen LogP contribution in [0.5, 0.6) is 0 Å². The highest BCUT2D eigenvalue weighted by molar-refractivity contribution is 7.16. The third kappa shape index (κ3) is 3.67. The summed E-state index contributed by atoms with van der Waals surface area (Å²) >= 11 is 7.39. The summed E-state index contributed by atoms with van der Waals surface area (Å²) < 4.78 is 7.99. The van der Waals surface area contributed by atoms with Gasteiger partial charge in [-0.2, -0.15) is 4.99 Å². The van der Waals surface area contributed by atoms with Gasteiger partial charge in [0.1, 0.15) is 0 Å². The highest BCUT2D eigenvalue weighted by Gasteiger charge is 2.16. The fraction of sp³-hybridized carbons (Fsp3) is 0.176. The number of methoxy groups -OCH3 is 1. The third-order valence-electron chi connectivity index (χ3n) is 3.70. The number of nitro benzene ring substituents is 1. The maximum Gasteiger partial charge on any atom is 0.281 e. The molecule has 3 aromatic rings. The molecule has 0 spiro atoms. The number of nitro groups is 1. The Morgan fingerprint density at radius 1 is 1.35 bits per heavy atom. The first kappa shape index (κ1) is 18.2. The standard InChI is InChI=1S/C17H14ClN3O4S/c1-25-9-8-20-14-4-2-3-5-15(14)26-17(20)19-16(22)12-10-11(21(23)24)6-7-13(12)18/h2-7,10H,8-9H2,1H3. The predicted octanol–water partition coefficient (Wildman–Crippen LogP) is 3.65. The number of para-hydroxylation sites is 1. The van der Waals surface area contributed by atoms with Crippen molar-refractivity contribution in [1.82, 2.24) is 4.57 Å². The van der Waals surface area contributed by atoms with Crippen LogP contribution in [0.1, 0.15) is 10.4 Å². The molecule has 1 aromatic heterocycles. The van der Waals surface area contributed by atoms with Crippen LogP contribution in [-0.2, 0) is 11.3 Å². The predicted molar refractivity (Wildman–Crippen MR) is 99.7 cm³/mol. The van der Waals surface area contributed by atoms with Crippen LogP contribution in [0.3, 0.4) is 0 Å². The molecule has 1 heterocycles. The molecule has 3 rings (SSSR count). The first-order chi connectivity index (χ1) is 12.5. The molecule has 0 atom stereocenters. The van der Waals surface area contributed by atoms with Gasteiger partial charge in [-0.3, -0.25) is 14.9 Å². The fourth-order valence-electron chi connectivity index (χ4n) is 2.44. The molecule has 0 aliphatic rings. The van der Waals surface area contributed by atoms with Gasteiger partial charge >= 0.3 is 0 Å². The van der Waals surface area contributed by atoms with Crippen LogP contribution in [0.2, 0.25) is 5.02 Å². The zero-order chi connectivity index (χ0) is 18.7. The second-order valence-electron chi connectivity index (χ2n) is 5.34. The molecule has 0 saturated heterocycles. The van der Waals surface area contributed by atoms with E-state index in [2.05, 4.69) is 4.99 Å². The summed E-state index contributed by atoms with van der Waals surface area (Å²) in [6.45, 7) is 0.981. The third-order valence-corrected chi connectivity index (χ3v) is 5.08. The monoisotopic (exact) mass is 391 g/mol. The number of hydrogen-bond donors (Lipinski definition) is 0. The van der Waals surface area contributed by atoms with E-state index in [-0.39, 0.29) is 16.3 Å². The molecule has 7 nitrogen and oxygen atoms in total. The van der Waals surface area contributed by atoms with Gasteiger partial charge < -0.3 is 9.30 Å². The lowest BCUT2D eigenvalue weighted by atomic mass is 10.2. The lowest BCUT2D eigenvalue weighted by Crippen LogP contribution is -2.19. The summed E-state index contributed by atoms with van der Waals surface area (Å²) in [6.07, 6.45) is 0. The van der Waals surface area contributed by atoms with Gasteiger partial charge in [-0.05, 0) is 18.2 Å². The van der Waals surface area contributed by atoms with E-state index in [0.29, 0.717) is 18.0 Å². The van der Waals surface area contributed by atoms with Gasteiger partial charge in [0, 0.05) is 25.8 Å². The van der Waals surface area contributed by atoms with Crippen molar-refractivity contribution in [3.05, 3.63) is 68.0 Å². The van der Waals surface area contributed by atoms with E-state index in [4.69, 9.17) is 16.3 Å². The fourth-order valence-corrected chi connectivity index (χ4v) is 3.70. The van der Waals surface area contributed by atoms with Crippen molar-refractivity contribution < 1.29 is 14.5 Å². The number of aromatic nitrogens is 1. The Labute approximate surface area is 157 Å². The molecule has 26 heavy (non-hydrogen) atoms. The number of rotatable bonds is 5. The topological polar surface area (TPSA) is 86.7 Å². The first-order valence-electron chi connectivity index (χ1n) is 7.61. The quantitative estimate of drug-likeness (QED) is 0.490. The van der Waals surface area contributed by atoms with Crippen molar-refractivity contribution in [3.63, 3.8) is 0 Å². The molecule has 0 saturated carbocycles. The van der Waals surface area contributed by atoms with Gasteiger partial charge in [0.2, 0.25) is 0 Å². The van der Waals surface area contributed by atoms with Crippen LogP contribution in [0, 0.1) is 10.1 Å². The summed E-state index contributed by atoms with van der Waals surface area (Å²) in [5, 5.41) is 11.1. The average Bonchev–Trinajstić information content (AvgIpc) is 2.97. The smallest absolute Gasteiger partial charge is 0.281 e. The van der Waals surface area contributed by atoms with Gasteiger partial charge in [0.05, 0.1) is 32.3 Å². The van der Waals surface area contributed by atoms with E-state index in [1.807, 2.05) is 28.8 Å². The molecular formula is C17H14ClN3O4S. The molecule has 0 N–H and O–H groups in total. The number of fused-ring (bicyclic) bond motifs is 1. The minimum atomic E-state index is -0.628. The summed E-state index contributed by atoms with van der Waals surface area (Å²) in [7, 11) is 1.60. The SMILES string of the molecule is COCCn1c(=NC(=O)c2cc([N+](=O)[O-])ccc2Cl)sc2ccccc21. The molecule has 0 unspecified atom stereocenters. The zero-order valence-electron chi connectivity index (χ0n) is 13.7. The van der Waals surface area contributed by atoms with Crippen molar-refractivity contribution in [3.8, 4) is 0 Å². The number of carbonyl (C=O) groups is 1. The summed E-state index contributed by atoms with van der Waals surface area (Å²) in [6, 6.07) is 11.4. The number of benzene rings is 2. The van der Waals surface area contributed by atoms with Crippen molar-refractivity contribution in [2.45, 2.75) is 6.54 Å². The van der Waals surface area contributed by atoms with Gasteiger partial charge in [-0.25, -0.2) is 0 Å². The van der Waals surface area contributed by atoms with Crippen LogP contribution in [0.4, 0.5) is 5.69 Å². The van der Waals surface area contributed by atoms with Crippen molar-refractivity contribution in [2.24, 2.45) is 4.99 Å². The lowest BCUT2D eigenvalue weighted by Gasteiger charge is -2.04. The van der Waals surface area contributed by atoms with Crippen LogP contribution in [0.15, 0.2) is 47.5 Å². The Kier molecular flexibility index (Phi) is 5.46. The Hall–Kier alpha value is -2.55. The largest absolute Gasteiger partial charge is 0.383 e. The molecule has 0 aliphatic carbocycles. The summed E-state index contributed by atoms with van der Waals surface area (Å²) in [5.41, 5.74) is 0.722. The highest BCUT2D eigenvalue weighted by Crippen LogP contribution is 2.23. The average molecular weight is 392 g/mol. The zero-order valence-corrected chi connectivity index (χ0v) is 15.3. The molecular weight excluding hydrogens is 378 g/mol. The van der Waals surface area contributed by atoms with E-state index >= 15 is 0 Å². The van der Waals surface area contributed by atoms with Gasteiger partial charge in [-0.1, -0.05) is 35.1 Å². The lowest BCUT2D eigenvalue weighted by molar-refractivity contribution is -0.384. The van der Waals surface area contributed by atoms with Crippen molar-refractivity contribution in [2.75, 3.05) is 13.7 Å². The van der Waals surface area contributed by atoms with Crippen molar-refractivity contribution in [1.29, 1.82) is 0 Å². The van der Waals surface area contributed by atoms with E-state index in [9.17, 15) is 14.9 Å². The molecule has 134 valence electrons. The normalized spacial score (nSPS) is 11.8. The van der Waals surface area contributed by atoms with E-state index in [1.54, 1.807) is 7.11 Å². The number of halogens is 1. The molecule has 9 heteroatoms.